The maximum absolute atomic E-state index is 12.7. The molecule has 1 aliphatic heterocycles. The van der Waals surface area contributed by atoms with Gasteiger partial charge in [0.2, 0.25) is 0 Å². The van der Waals surface area contributed by atoms with E-state index in [0.717, 1.165) is 41.7 Å². The number of likely N-dealkylation sites (tertiary alicyclic amines) is 1. The highest BCUT2D eigenvalue weighted by Crippen LogP contribution is 2.30. The summed E-state index contributed by atoms with van der Waals surface area (Å²) in [5.74, 6) is 1.45. The van der Waals surface area contributed by atoms with Crippen molar-refractivity contribution in [1.29, 1.82) is 0 Å². The third kappa shape index (κ3) is 7.53. The van der Waals surface area contributed by atoms with Crippen molar-refractivity contribution < 1.29 is 14.3 Å². The zero-order valence-electron chi connectivity index (χ0n) is 22.1. The van der Waals surface area contributed by atoms with Crippen LogP contribution in [0, 0.1) is 0 Å². The maximum Gasteiger partial charge on any atom is 0.270 e. The molecule has 37 heavy (non-hydrogen) atoms. The predicted molar refractivity (Wildman–Crippen MR) is 148 cm³/mol. The molecule has 1 N–H and O–H groups in total. The minimum absolute atomic E-state index is 0.0982. The summed E-state index contributed by atoms with van der Waals surface area (Å²) in [4.78, 5) is 22.2. The fourth-order valence-corrected chi connectivity index (χ4v) is 5.53. The van der Waals surface area contributed by atoms with Crippen molar-refractivity contribution in [3.8, 4) is 11.5 Å². The Morgan fingerprint density at radius 2 is 1.86 bits per heavy atom. The van der Waals surface area contributed by atoms with E-state index in [2.05, 4.69) is 46.3 Å². The molecule has 4 rings (SSSR count). The fourth-order valence-electron chi connectivity index (χ4n) is 4.74. The second kappa shape index (κ2) is 13.6. The lowest BCUT2D eigenvalue weighted by atomic mass is 10.1. The number of thiazole rings is 1. The highest BCUT2D eigenvalue weighted by Gasteiger charge is 2.21. The number of hydrogen-bond acceptors (Lipinski definition) is 7. The minimum Gasteiger partial charge on any atom is -0.497 e. The number of rotatable bonds is 12. The van der Waals surface area contributed by atoms with Gasteiger partial charge in [0, 0.05) is 42.7 Å². The van der Waals surface area contributed by atoms with E-state index in [-0.39, 0.29) is 11.9 Å². The third-order valence-corrected chi connectivity index (χ3v) is 7.82. The lowest BCUT2D eigenvalue weighted by molar-refractivity contribution is 0.0941. The van der Waals surface area contributed by atoms with Crippen molar-refractivity contribution in [3.63, 3.8) is 0 Å². The van der Waals surface area contributed by atoms with Crippen LogP contribution in [0.3, 0.4) is 0 Å². The summed E-state index contributed by atoms with van der Waals surface area (Å²) in [7, 11) is 3.34. The van der Waals surface area contributed by atoms with Gasteiger partial charge in [0.25, 0.3) is 5.91 Å². The van der Waals surface area contributed by atoms with Gasteiger partial charge in [-0.3, -0.25) is 9.69 Å². The van der Waals surface area contributed by atoms with Crippen molar-refractivity contribution in [3.05, 3.63) is 75.7 Å². The van der Waals surface area contributed by atoms with Gasteiger partial charge in [-0.05, 0) is 44.5 Å². The number of hydrogen-bond donors (Lipinski definition) is 1. The summed E-state index contributed by atoms with van der Waals surface area (Å²) in [5.41, 5.74) is 2.79. The van der Waals surface area contributed by atoms with E-state index in [1.165, 1.54) is 36.2 Å². The van der Waals surface area contributed by atoms with Gasteiger partial charge in [0.05, 0.1) is 20.8 Å². The van der Waals surface area contributed by atoms with Crippen molar-refractivity contribution >= 4 is 17.2 Å². The van der Waals surface area contributed by atoms with Crippen molar-refractivity contribution in [2.45, 2.75) is 45.3 Å². The predicted octanol–water partition coefficient (Wildman–Crippen LogP) is 5.14. The Bertz CT molecular complexity index is 1130. The topological polar surface area (TPSA) is 66.9 Å². The number of piperidine rings is 1. The van der Waals surface area contributed by atoms with Gasteiger partial charge in [0.15, 0.2) is 0 Å². The van der Waals surface area contributed by atoms with Gasteiger partial charge < -0.3 is 19.7 Å². The number of benzene rings is 2. The van der Waals surface area contributed by atoms with Gasteiger partial charge in [-0.2, -0.15) is 0 Å². The van der Waals surface area contributed by atoms with Crippen LogP contribution >= 0.6 is 11.3 Å². The molecule has 1 unspecified atom stereocenters. The standard InChI is InChI=1S/C29H38N4O3S/c1-22(23-10-6-4-7-11-23)33(19-24-12-13-25(35-2)18-27(24)36-3)20-28-31-26(21-37-28)29(34)30-14-17-32-15-8-5-9-16-32/h4,6-7,10-13,18,21-22H,5,8-9,14-17,19-20H2,1-3H3,(H,30,34). The average Bonchev–Trinajstić information content (AvgIpc) is 3.42. The van der Waals surface area contributed by atoms with Gasteiger partial charge in [-0.25, -0.2) is 4.98 Å². The fraction of sp³-hybridized carbons (Fsp3) is 0.448. The normalized spacial score (nSPS) is 14.9. The number of carbonyl (C=O) groups is 1. The van der Waals surface area contributed by atoms with Gasteiger partial charge in [-0.15, -0.1) is 11.3 Å². The van der Waals surface area contributed by atoms with Gasteiger partial charge in [-0.1, -0.05) is 42.8 Å². The van der Waals surface area contributed by atoms with E-state index in [9.17, 15) is 4.79 Å². The molecule has 3 aromatic rings. The lowest BCUT2D eigenvalue weighted by Crippen LogP contribution is -2.37. The molecule has 1 aromatic heterocycles. The monoisotopic (exact) mass is 522 g/mol. The lowest BCUT2D eigenvalue weighted by Gasteiger charge is -2.29. The number of methoxy groups -OCH3 is 2. The van der Waals surface area contributed by atoms with Crippen LogP contribution in [0.5, 0.6) is 11.5 Å². The Morgan fingerprint density at radius 1 is 1.08 bits per heavy atom. The average molecular weight is 523 g/mol. The number of carbonyl (C=O) groups excluding carboxylic acids is 1. The molecule has 0 radical (unpaired) electrons. The van der Waals surface area contributed by atoms with E-state index >= 15 is 0 Å². The zero-order chi connectivity index (χ0) is 26.0. The summed E-state index contributed by atoms with van der Waals surface area (Å²) in [6, 6.07) is 16.5. The van der Waals surface area contributed by atoms with Crippen LogP contribution in [0.15, 0.2) is 53.9 Å². The van der Waals surface area contributed by atoms with Gasteiger partial charge >= 0.3 is 0 Å². The summed E-state index contributed by atoms with van der Waals surface area (Å²) in [5, 5.41) is 5.83. The maximum atomic E-state index is 12.7. The van der Waals surface area contributed by atoms with Crippen LogP contribution in [0.25, 0.3) is 0 Å². The third-order valence-electron chi connectivity index (χ3n) is 6.98. The molecular formula is C29H38N4O3S. The first kappa shape index (κ1) is 27.1. The second-order valence-corrected chi connectivity index (χ2v) is 10.4. The van der Waals surface area contributed by atoms with E-state index in [0.29, 0.717) is 25.3 Å². The van der Waals surface area contributed by atoms with Crippen LogP contribution in [-0.2, 0) is 13.1 Å². The molecule has 198 valence electrons. The van der Waals surface area contributed by atoms with Crippen LogP contribution in [-0.4, -0.2) is 61.1 Å². The molecule has 1 amide bonds. The zero-order valence-corrected chi connectivity index (χ0v) is 22.9. The smallest absolute Gasteiger partial charge is 0.270 e. The first-order chi connectivity index (χ1) is 18.1. The molecule has 1 saturated heterocycles. The SMILES string of the molecule is COc1ccc(CN(Cc2nc(C(=O)NCCN3CCCCC3)cs2)C(C)c2ccccc2)c(OC)c1. The molecule has 1 fully saturated rings. The molecular weight excluding hydrogens is 484 g/mol. The molecule has 0 saturated carbocycles. The van der Waals surface area contributed by atoms with E-state index in [4.69, 9.17) is 14.5 Å². The van der Waals surface area contributed by atoms with Crippen LogP contribution < -0.4 is 14.8 Å². The highest BCUT2D eigenvalue weighted by atomic mass is 32.1. The Labute approximate surface area is 224 Å². The second-order valence-electron chi connectivity index (χ2n) is 9.45. The molecule has 1 aliphatic rings. The number of aromatic nitrogens is 1. The summed E-state index contributed by atoms with van der Waals surface area (Å²) < 4.78 is 11.0. The summed E-state index contributed by atoms with van der Waals surface area (Å²) >= 11 is 1.53. The van der Waals surface area contributed by atoms with E-state index < -0.39 is 0 Å². The Hall–Kier alpha value is -2.94. The van der Waals surface area contributed by atoms with E-state index in [1.807, 2.05) is 29.6 Å². The molecule has 2 aromatic carbocycles. The Balaban J connectivity index is 1.45. The number of nitrogens with zero attached hydrogens (tertiary/aromatic N) is 3. The number of nitrogens with one attached hydrogen (secondary N) is 1. The largest absolute Gasteiger partial charge is 0.497 e. The van der Waals surface area contributed by atoms with Crippen molar-refractivity contribution in [2.24, 2.45) is 0 Å². The molecule has 2 heterocycles. The van der Waals surface area contributed by atoms with E-state index in [1.54, 1.807) is 14.2 Å². The molecule has 8 heteroatoms. The molecule has 1 atom stereocenters. The van der Waals surface area contributed by atoms with Gasteiger partial charge in [0.1, 0.15) is 22.2 Å². The Morgan fingerprint density at radius 3 is 2.59 bits per heavy atom. The highest BCUT2D eigenvalue weighted by molar-refractivity contribution is 7.09. The van der Waals surface area contributed by atoms with Crippen LogP contribution in [0.4, 0.5) is 0 Å². The van der Waals surface area contributed by atoms with Crippen molar-refractivity contribution in [2.75, 3.05) is 40.4 Å². The van der Waals surface area contributed by atoms with Crippen LogP contribution in [0.1, 0.15) is 58.9 Å². The first-order valence-corrected chi connectivity index (χ1v) is 13.9. The van der Waals surface area contributed by atoms with Crippen LogP contribution in [0.2, 0.25) is 0 Å². The molecule has 7 nitrogen and oxygen atoms in total. The quantitative estimate of drug-likeness (QED) is 0.355. The Kier molecular flexibility index (Phi) is 9.93. The van der Waals surface area contributed by atoms with Crippen molar-refractivity contribution in [1.82, 2.24) is 20.1 Å². The molecule has 0 bridgehead atoms. The number of amides is 1. The molecule has 0 spiro atoms. The molecule has 0 aliphatic carbocycles. The summed E-state index contributed by atoms with van der Waals surface area (Å²) in [6.45, 7) is 7.30. The first-order valence-electron chi connectivity index (χ1n) is 13.0. The minimum atomic E-state index is -0.0982. The summed E-state index contributed by atoms with van der Waals surface area (Å²) in [6.07, 6.45) is 3.82. The number of ether oxygens (including phenoxy) is 2.